The molecule has 0 fully saturated rings. The van der Waals surface area contributed by atoms with E-state index in [2.05, 4.69) is 113 Å². The second kappa shape index (κ2) is 11.6. The van der Waals surface area contributed by atoms with Crippen LogP contribution >= 0.6 is 0 Å². The molecule has 5 heteroatoms. The topological polar surface area (TPSA) is 79.5 Å². The summed E-state index contributed by atoms with van der Waals surface area (Å²) in [5.41, 5.74) is 11.9. The smallest absolute Gasteiger partial charge is 0.0998 e. The predicted molar refractivity (Wildman–Crippen MR) is 203 cm³/mol. The van der Waals surface area contributed by atoms with Gasteiger partial charge in [0.25, 0.3) is 0 Å². The van der Waals surface area contributed by atoms with Crippen molar-refractivity contribution in [1.29, 1.82) is 15.8 Å². The van der Waals surface area contributed by atoms with Gasteiger partial charge in [-0.2, -0.15) is 15.8 Å². The van der Waals surface area contributed by atoms with E-state index in [-0.39, 0.29) is 6.04 Å². The monoisotopic (exact) mass is 653 g/mol. The third kappa shape index (κ3) is 4.74. The summed E-state index contributed by atoms with van der Waals surface area (Å²) in [5, 5.41) is 31.3. The van der Waals surface area contributed by atoms with Crippen LogP contribution in [0.5, 0.6) is 0 Å². The van der Waals surface area contributed by atoms with Gasteiger partial charge in [-0.05, 0) is 84.1 Å². The van der Waals surface area contributed by atoms with Gasteiger partial charge >= 0.3 is 0 Å². The zero-order chi connectivity index (χ0) is 34.7. The maximum atomic E-state index is 10.5. The molecule has 9 rings (SSSR count). The van der Waals surface area contributed by atoms with Crippen LogP contribution in [-0.2, 0) is 6.42 Å². The van der Waals surface area contributed by atoms with Crippen molar-refractivity contribution >= 4 is 28.4 Å². The van der Waals surface area contributed by atoms with Crippen molar-refractivity contribution < 1.29 is 0 Å². The Morgan fingerprint density at radius 3 is 2.29 bits per heavy atom. The van der Waals surface area contributed by atoms with Gasteiger partial charge in [0.1, 0.15) is 0 Å². The summed E-state index contributed by atoms with van der Waals surface area (Å²) < 4.78 is 2.18. The second-order valence-corrected chi connectivity index (χ2v) is 13.7. The van der Waals surface area contributed by atoms with Gasteiger partial charge < -0.3 is 9.47 Å². The highest BCUT2D eigenvalue weighted by molar-refractivity contribution is 5.94. The van der Waals surface area contributed by atoms with Crippen LogP contribution in [-0.4, -0.2) is 10.6 Å². The molecule has 5 nitrogen and oxygen atoms in total. The number of benzene rings is 5. The molecule has 0 saturated carbocycles. The Kier molecular flexibility index (Phi) is 6.89. The highest BCUT2D eigenvalue weighted by atomic mass is 15.2. The van der Waals surface area contributed by atoms with Gasteiger partial charge in [0, 0.05) is 39.5 Å². The van der Waals surface area contributed by atoms with E-state index in [1.807, 2.05) is 67.6 Å². The molecule has 2 aliphatic carbocycles. The first-order chi connectivity index (χ1) is 25.0. The fourth-order valence-electron chi connectivity index (χ4n) is 8.18. The number of nitrogens with zero attached hydrogens (tertiary/aromatic N) is 5. The number of hydrogen-bond acceptors (Lipinski definition) is 4. The number of aromatic nitrogens is 1. The number of para-hydroxylation sites is 2. The Morgan fingerprint density at radius 1 is 0.725 bits per heavy atom. The van der Waals surface area contributed by atoms with Crippen molar-refractivity contribution in [2.24, 2.45) is 5.41 Å². The first-order valence-electron chi connectivity index (χ1n) is 17.2. The first kappa shape index (κ1) is 30.2. The van der Waals surface area contributed by atoms with Crippen LogP contribution in [0.25, 0.3) is 44.9 Å². The molecule has 0 bridgehead atoms. The molecule has 0 amide bonds. The molecular formula is C46H31N5. The Bertz CT molecular complexity index is 2630. The predicted octanol–water partition coefficient (Wildman–Crippen LogP) is 10.5. The standard InChI is InChI=1S/C46H31N5/c1-46(29-49)23-22-44-40(26-46)39-20-14-30(27-47)24-45(39)51(44)43-13-7-2-8-36(43)35-21-17-32(25-33(35)28-48)31-15-18-34(19-16-31)50-41-11-5-3-9-37(41)38-10-4-6-12-42(38)50/h2-25,37,41H,26H2,1H3/t37?,41?,46-/m0/s1. The number of allylic oxidation sites excluding steroid dienone is 3. The minimum absolute atomic E-state index is 0.240. The van der Waals surface area contributed by atoms with E-state index < -0.39 is 5.41 Å². The summed E-state index contributed by atoms with van der Waals surface area (Å²) in [6.07, 6.45) is 13.4. The van der Waals surface area contributed by atoms with E-state index in [9.17, 15) is 15.8 Å². The molecule has 0 N–H and O–H groups in total. The second-order valence-electron chi connectivity index (χ2n) is 13.7. The van der Waals surface area contributed by atoms with Gasteiger partial charge in [0.2, 0.25) is 0 Å². The molecule has 0 spiro atoms. The van der Waals surface area contributed by atoms with Crippen LogP contribution in [0.1, 0.15) is 40.8 Å². The molecule has 1 aliphatic heterocycles. The van der Waals surface area contributed by atoms with Crippen molar-refractivity contribution in [2.45, 2.75) is 25.3 Å². The molecule has 3 aliphatic rings. The molecule has 3 atom stereocenters. The molecule has 6 aromatic rings. The van der Waals surface area contributed by atoms with Crippen LogP contribution in [0.15, 0.2) is 140 Å². The van der Waals surface area contributed by atoms with Crippen LogP contribution < -0.4 is 4.90 Å². The van der Waals surface area contributed by atoms with Crippen LogP contribution in [0.3, 0.4) is 0 Å². The summed E-state index contributed by atoms with van der Waals surface area (Å²) in [6, 6.07) is 44.7. The highest BCUT2D eigenvalue weighted by Crippen LogP contribution is 2.48. The molecule has 51 heavy (non-hydrogen) atoms. The van der Waals surface area contributed by atoms with Gasteiger partial charge in [0.05, 0.1) is 52.0 Å². The quantitative estimate of drug-likeness (QED) is 0.190. The summed E-state index contributed by atoms with van der Waals surface area (Å²) in [7, 11) is 0. The lowest BCUT2D eigenvalue weighted by Gasteiger charge is -2.28. The van der Waals surface area contributed by atoms with Crippen molar-refractivity contribution in [3.05, 3.63) is 168 Å². The average Bonchev–Trinajstić information content (AvgIpc) is 3.69. The number of fused-ring (bicyclic) bond motifs is 6. The van der Waals surface area contributed by atoms with E-state index >= 15 is 0 Å². The van der Waals surface area contributed by atoms with E-state index in [4.69, 9.17) is 0 Å². The molecule has 2 unspecified atom stereocenters. The fraction of sp³-hybridized carbons (Fsp3) is 0.109. The average molecular weight is 654 g/mol. The van der Waals surface area contributed by atoms with Crippen LogP contribution in [0, 0.1) is 39.4 Å². The molecular weight excluding hydrogens is 623 g/mol. The highest BCUT2D eigenvalue weighted by Gasteiger charge is 2.37. The maximum Gasteiger partial charge on any atom is 0.0998 e. The van der Waals surface area contributed by atoms with E-state index in [1.165, 1.54) is 11.3 Å². The van der Waals surface area contributed by atoms with E-state index in [0.717, 1.165) is 55.8 Å². The molecule has 1 aromatic heterocycles. The number of nitriles is 3. The lowest BCUT2D eigenvalue weighted by atomic mass is 9.80. The number of hydrogen-bond donors (Lipinski definition) is 0. The number of rotatable bonds is 4. The minimum atomic E-state index is -0.618. The van der Waals surface area contributed by atoms with Gasteiger partial charge in [0.15, 0.2) is 0 Å². The summed E-state index contributed by atoms with van der Waals surface area (Å²) in [6.45, 7) is 1.95. The Labute approximate surface area is 297 Å². The zero-order valence-corrected chi connectivity index (χ0v) is 28.0. The summed E-state index contributed by atoms with van der Waals surface area (Å²) >= 11 is 0. The molecule has 240 valence electrons. The van der Waals surface area contributed by atoms with Gasteiger partial charge in [-0.1, -0.05) is 97.1 Å². The van der Waals surface area contributed by atoms with Crippen molar-refractivity contribution in [3.63, 3.8) is 0 Å². The third-order valence-corrected chi connectivity index (χ3v) is 10.7. The van der Waals surface area contributed by atoms with Crippen LogP contribution in [0.2, 0.25) is 0 Å². The summed E-state index contributed by atoms with van der Waals surface area (Å²) in [5.74, 6) is 0.330. The number of anilines is 2. The largest absolute Gasteiger partial charge is 0.333 e. The fourth-order valence-corrected chi connectivity index (χ4v) is 8.18. The minimum Gasteiger partial charge on any atom is -0.333 e. The maximum absolute atomic E-state index is 10.5. The molecule has 5 aromatic carbocycles. The van der Waals surface area contributed by atoms with Gasteiger partial charge in [-0.25, -0.2) is 0 Å². The molecule has 0 radical (unpaired) electrons. The lowest BCUT2D eigenvalue weighted by Crippen LogP contribution is -2.28. The van der Waals surface area contributed by atoms with Crippen molar-refractivity contribution in [2.75, 3.05) is 4.90 Å². The zero-order valence-electron chi connectivity index (χ0n) is 28.0. The normalized spacial score (nSPS) is 19.5. The molecule has 2 heterocycles. The SMILES string of the molecule is C[C@]1(C#N)C=Cc2c(c3ccc(C#N)cc3n2-c2ccccc2-c2ccc(-c3ccc(N4c5ccccc5C5C=CC=CC54)cc3)cc2C#N)C1. The lowest BCUT2D eigenvalue weighted by molar-refractivity contribution is 0.562. The first-order valence-corrected chi connectivity index (χ1v) is 17.2. The van der Waals surface area contributed by atoms with Crippen molar-refractivity contribution in [1.82, 2.24) is 4.57 Å². The van der Waals surface area contributed by atoms with E-state index in [1.54, 1.807) is 0 Å². The Morgan fingerprint density at radius 2 is 1.49 bits per heavy atom. The van der Waals surface area contributed by atoms with Crippen molar-refractivity contribution in [3.8, 4) is 46.1 Å². The van der Waals surface area contributed by atoms with Gasteiger partial charge in [-0.3, -0.25) is 0 Å². The molecule has 0 saturated heterocycles. The van der Waals surface area contributed by atoms with E-state index in [0.29, 0.717) is 23.5 Å². The Hall–Kier alpha value is -6.87. The third-order valence-electron chi connectivity index (χ3n) is 10.7. The Balaban J connectivity index is 1.11. The summed E-state index contributed by atoms with van der Waals surface area (Å²) in [4.78, 5) is 2.42. The van der Waals surface area contributed by atoms with Gasteiger partial charge in [-0.15, -0.1) is 0 Å². The van der Waals surface area contributed by atoms with Crippen LogP contribution in [0.4, 0.5) is 11.4 Å².